The predicted molar refractivity (Wildman–Crippen MR) is 62.0 cm³/mol. The zero-order valence-corrected chi connectivity index (χ0v) is 9.74. The third kappa shape index (κ3) is 2.74. The minimum Gasteiger partial charge on any atom is -0.396 e. The van der Waals surface area contributed by atoms with Gasteiger partial charge in [0.15, 0.2) is 0 Å². The molecule has 2 fully saturated rings. The fourth-order valence-electron chi connectivity index (χ4n) is 2.83. The summed E-state index contributed by atoms with van der Waals surface area (Å²) in [5.41, 5.74) is 0. The Labute approximate surface area is 96.8 Å². The molecule has 1 amide bonds. The normalized spacial score (nSPS) is 31.6. The van der Waals surface area contributed by atoms with Crippen LogP contribution in [0.15, 0.2) is 0 Å². The fraction of sp³-hybridized carbons (Fsp3) is 0.917. The molecule has 0 aromatic heterocycles. The van der Waals surface area contributed by atoms with E-state index in [4.69, 9.17) is 0 Å². The lowest BCUT2D eigenvalue weighted by Crippen LogP contribution is -2.44. The highest BCUT2D eigenvalue weighted by atomic mass is 16.3. The van der Waals surface area contributed by atoms with E-state index in [0.717, 1.165) is 45.2 Å². The van der Waals surface area contributed by atoms with Gasteiger partial charge in [-0.25, -0.2) is 0 Å². The molecule has 2 atom stereocenters. The van der Waals surface area contributed by atoms with Gasteiger partial charge < -0.3 is 15.7 Å². The van der Waals surface area contributed by atoms with Crippen molar-refractivity contribution in [1.82, 2.24) is 10.6 Å². The molecule has 16 heavy (non-hydrogen) atoms. The second-order valence-corrected chi connectivity index (χ2v) is 5.01. The number of carbonyl (C=O) groups is 1. The van der Waals surface area contributed by atoms with Crippen LogP contribution in [0.1, 0.15) is 32.1 Å². The number of piperidine rings is 1. The van der Waals surface area contributed by atoms with E-state index in [1.165, 1.54) is 0 Å². The molecule has 2 unspecified atom stereocenters. The van der Waals surface area contributed by atoms with Gasteiger partial charge >= 0.3 is 0 Å². The number of carbonyl (C=O) groups excluding carboxylic acids is 1. The second kappa shape index (κ2) is 5.64. The molecule has 1 saturated heterocycles. The van der Waals surface area contributed by atoms with Crippen molar-refractivity contribution in [3.05, 3.63) is 0 Å². The van der Waals surface area contributed by atoms with Crippen molar-refractivity contribution in [2.45, 2.75) is 38.1 Å². The quantitative estimate of drug-likeness (QED) is 0.647. The van der Waals surface area contributed by atoms with Crippen LogP contribution in [-0.4, -0.2) is 36.8 Å². The highest BCUT2D eigenvalue weighted by Crippen LogP contribution is 2.25. The summed E-state index contributed by atoms with van der Waals surface area (Å²) in [5, 5.41) is 15.6. The van der Waals surface area contributed by atoms with Gasteiger partial charge in [0.1, 0.15) is 0 Å². The topological polar surface area (TPSA) is 61.4 Å². The van der Waals surface area contributed by atoms with E-state index in [9.17, 15) is 9.90 Å². The Morgan fingerprint density at radius 2 is 2.00 bits per heavy atom. The Balaban J connectivity index is 1.81. The molecule has 1 aliphatic carbocycles. The molecule has 4 heteroatoms. The van der Waals surface area contributed by atoms with Gasteiger partial charge in [0.05, 0.1) is 0 Å². The molecule has 1 heterocycles. The SMILES string of the molecule is O=C(NC1CCCC1CO)C1CCNCC1. The van der Waals surface area contributed by atoms with Crippen molar-refractivity contribution in [2.75, 3.05) is 19.7 Å². The molecule has 0 radical (unpaired) electrons. The van der Waals surface area contributed by atoms with Crippen LogP contribution in [0, 0.1) is 11.8 Å². The first-order valence-electron chi connectivity index (χ1n) is 6.43. The van der Waals surface area contributed by atoms with Gasteiger partial charge in [-0.3, -0.25) is 4.79 Å². The Hall–Kier alpha value is -0.610. The van der Waals surface area contributed by atoms with E-state index in [1.54, 1.807) is 0 Å². The summed E-state index contributed by atoms with van der Waals surface area (Å²) in [7, 11) is 0. The summed E-state index contributed by atoms with van der Waals surface area (Å²) in [6.45, 7) is 2.11. The van der Waals surface area contributed by atoms with Crippen molar-refractivity contribution in [3.8, 4) is 0 Å². The van der Waals surface area contributed by atoms with Crippen LogP contribution in [0.25, 0.3) is 0 Å². The molecule has 0 spiro atoms. The van der Waals surface area contributed by atoms with Gasteiger partial charge in [0.2, 0.25) is 5.91 Å². The maximum atomic E-state index is 12.0. The highest BCUT2D eigenvalue weighted by molar-refractivity contribution is 5.79. The summed E-state index contributed by atoms with van der Waals surface area (Å²) in [4.78, 5) is 12.0. The maximum Gasteiger partial charge on any atom is 0.223 e. The Morgan fingerprint density at radius 1 is 1.25 bits per heavy atom. The minimum atomic E-state index is 0.182. The van der Waals surface area contributed by atoms with Crippen LogP contribution in [0.2, 0.25) is 0 Å². The van der Waals surface area contributed by atoms with Crippen LogP contribution in [-0.2, 0) is 4.79 Å². The summed E-state index contributed by atoms with van der Waals surface area (Å²) in [6, 6.07) is 0.215. The maximum absolute atomic E-state index is 12.0. The zero-order chi connectivity index (χ0) is 11.4. The van der Waals surface area contributed by atoms with Crippen molar-refractivity contribution in [3.63, 3.8) is 0 Å². The average molecular weight is 226 g/mol. The Bertz CT molecular complexity index is 239. The fourth-order valence-corrected chi connectivity index (χ4v) is 2.83. The predicted octanol–water partition coefficient (Wildman–Crippen LogP) is 0.263. The van der Waals surface area contributed by atoms with Crippen LogP contribution in [0.4, 0.5) is 0 Å². The molecule has 1 aliphatic heterocycles. The first-order chi connectivity index (χ1) is 7.81. The van der Waals surface area contributed by atoms with Crippen LogP contribution in [0.3, 0.4) is 0 Å². The van der Waals surface area contributed by atoms with Crippen molar-refractivity contribution in [1.29, 1.82) is 0 Å². The standard InChI is InChI=1S/C12H22N2O2/c15-8-10-2-1-3-11(10)14-12(16)9-4-6-13-7-5-9/h9-11,13,15H,1-8H2,(H,14,16). The molecule has 4 nitrogen and oxygen atoms in total. The summed E-state index contributed by atoms with van der Waals surface area (Å²) >= 11 is 0. The van der Waals surface area contributed by atoms with Gasteiger partial charge in [-0.1, -0.05) is 6.42 Å². The van der Waals surface area contributed by atoms with Crippen molar-refractivity contribution < 1.29 is 9.90 Å². The number of rotatable bonds is 3. The van der Waals surface area contributed by atoms with Gasteiger partial charge in [-0.15, -0.1) is 0 Å². The number of aliphatic hydroxyl groups is 1. The highest BCUT2D eigenvalue weighted by Gasteiger charge is 2.30. The molecular weight excluding hydrogens is 204 g/mol. The van der Waals surface area contributed by atoms with Crippen LogP contribution in [0.5, 0.6) is 0 Å². The van der Waals surface area contributed by atoms with E-state index >= 15 is 0 Å². The molecule has 92 valence electrons. The largest absolute Gasteiger partial charge is 0.396 e. The zero-order valence-electron chi connectivity index (χ0n) is 9.74. The van der Waals surface area contributed by atoms with E-state index in [-0.39, 0.29) is 30.4 Å². The molecular formula is C12H22N2O2. The lowest BCUT2D eigenvalue weighted by molar-refractivity contribution is -0.126. The Morgan fingerprint density at radius 3 is 2.69 bits per heavy atom. The number of aliphatic hydroxyl groups excluding tert-OH is 1. The molecule has 2 aliphatic rings. The number of nitrogens with one attached hydrogen (secondary N) is 2. The smallest absolute Gasteiger partial charge is 0.223 e. The van der Waals surface area contributed by atoms with E-state index < -0.39 is 0 Å². The van der Waals surface area contributed by atoms with E-state index in [1.807, 2.05) is 0 Å². The molecule has 1 saturated carbocycles. The monoisotopic (exact) mass is 226 g/mol. The third-order valence-corrected chi connectivity index (χ3v) is 3.93. The van der Waals surface area contributed by atoms with Crippen LogP contribution < -0.4 is 10.6 Å². The Kier molecular flexibility index (Phi) is 4.18. The van der Waals surface area contributed by atoms with Gasteiger partial charge in [0, 0.05) is 24.5 Å². The molecule has 0 aromatic rings. The summed E-state index contributed by atoms with van der Waals surface area (Å²) < 4.78 is 0. The van der Waals surface area contributed by atoms with Gasteiger partial charge in [-0.05, 0) is 38.8 Å². The second-order valence-electron chi connectivity index (χ2n) is 5.01. The lowest BCUT2D eigenvalue weighted by Gasteiger charge is -2.25. The number of hydrogen-bond donors (Lipinski definition) is 3. The molecule has 3 N–H and O–H groups in total. The first kappa shape index (κ1) is 11.9. The van der Waals surface area contributed by atoms with Crippen molar-refractivity contribution >= 4 is 5.91 Å². The third-order valence-electron chi connectivity index (χ3n) is 3.93. The minimum absolute atomic E-state index is 0.182. The summed E-state index contributed by atoms with van der Waals surface area (Å²) in [5.74, 6) is 0.665. The van der Waals surface area contributed by atoms with Crippen molar-refractivity contribution in [2.24, 2.45) is 11.8 Å². The molecule has 0 aromatic carbocycles. The van der Waals surface area contributed by atoms with Crippen LogP contribution >= 0.6 is 0 Å². The lowest BCUT2D eigenvalue weighted by atomic mass is 9.96. The first-order valence-corrected chi connectivity index (χ1v) is 6.43. The van der Waals surface area contributed by atoms with E-state index in [0.29, 0.717) is 0 Å². The van der Waals surface area contributed by atoms with Gasteiger partial charge in [-0.2, -0.15) is 0 Å². The van der Waals surface area contributed by atoms with E-state index in [2.05, 4.69) is 10.6 Å². The molecule has 2 rings (SSSR count). The van der Waals surface area contributed by atoms with Gasteiger partial charge in [0.25, 0.3) is 0 Å². The summed E-state index contributed by atoms with van der Waals surface area (Å²) in [6.07, 6.45) is 5.10. The molecule has 0 bridgehead atoms. The number of hydrogen-bond acceptors (Lipinski definition) is 3. The number of amides is 1. The average Bonchev–Trinajstić information content (AvgIpc) is 2.77.